The van der Waals surface area contributed by atoms with Crippen LogP contribution in [-0.4, -0.2) is 37.5 Å². The molecule has 2 rings (SSSR count). The Morgan fingerprint density at radius 2 is 1.11 bits per heavy atom. The number of carbonyl (C=O) groups excluding carboxylic acids is 2. The van der Waals surface area contributed by atoms with Gasteiger partial charge in [0.15, 0.2) is 13.2 Å². The number of hydrazone groups is 2. The van der Waals surface area contributed by atoms with E-state index in [9.17, 15) is 9.59 Å². The van der Waals surface area contributed by atoms with Gasteiger partial charge in [-0.25, -0.2) is 10.9 Å². The van der Waals surface area contributed by atoms with E-state index >= 15 is 0 Å². The highest BCUT2D eigenvalue weighted by Gasteiger charge is 2.01. The number of nitrogens with zero attached hydrogens (tertiary/aromatic N) is 2. The van der Waals surface area contributed by atoms with Crippen LogP contribution in [-0.2, 0) is 9.59 Å². The maximum absolute atomic E-state index is 11.6. The Morgan fingerprint density at radius 3 is 1.46 bits per heavy atom. The number of hydrogen-bond acceptors (Lipinski definition) is 6. The maximum Gasteiger partial charge on any atom is 0.277 e. The normalized spacial score (nSPS) is 10.8. The van der Waals surface area contributed by atoms with Gasteiger partial charge in [0.05, 0.1) is 12.4 Å². The first-order valence-electron chi connectivity index (χ1n) is 8.54. The van der Waals surface area contributed by atoms with E-state index in [1.807, 2.05) is 38.1 Å². The average Bonchev–Trinajstić information content (AvgIpc) is 2.69. The smallest absolute Gasteiger partial charge is 0.277 e. The van der Waals surface area contributed by atoms with E-state index in [1.165, 1.54) is 12.4 Å². The molecule has 2 N–H and O–H groups in total. The lowest BCUT2D eigenvalue weighted by Crippen LogP contribution is -2.25. The molecule has 2 amide bonds. The second-order valence-corrected chi connectivity index (χ2v) is 5.83. The van der Waals surface area contributed by atoms with Crippen molar-refractivity contribution in [2.45, 2.75) is 13.8 Å². The van der Waals surface area contributed by atoms with Crippen molar-refractivity contribution in [1.82, 2.24) is 10.9 Å². The molecular weight excluding hydrogens is 360 g/mol. The Bertz CT molecular complexity index is 759. The minimum absolute atomic E-state index is 0.162. The minimum Gasteiger partial charge on any atom is -0.484 e. The number of aryl methyl sites for hydroxylation is 2. The molecule has 28 heavy (non-hydrogen) atoms. The van der Waals surface area contributed by atoms with E-state index in [-0.39, 0.29) is 13.2 Å². The Labute approximate surface area is 163 Å². The second-order valence-electron chi connectivity index (χ2n) is 5.83. The van der Waals surface area contributed by atoms with Gasteiger partial charge < -0.3 is 9.47 Å². The molecule has 0 atom stereocenters. The number of benzene rings is 2. The first-order valence-corrected chi connectivity index (χ1v) is 8.54. The lowest BCUT2D eigenvalue weighted by molar-refractivity contribution is -0.123. The van der Waals surface area contributed by atoms with Crippen LogP contribution < -0.4 is 20.3 Å². The van der Waals surface area contributed by atoms with Crippen LogP contribution in [0, 0.1) is 13.8 Å². The number of nitrogens with one attached hydrogen (secondary N) is 2. The van der Waals surface area contributed by atoms with E-state index in [4.69, 9.17) is 9.47 Å². The Kier molecular flexibility index (Phi) is 8.19. The van der Waals surface area contributed by atoms with Gasteiger partial charge in [-0.1, -0.05) is 35.4 Å². The zero-order valence-electron chi connectivity index (χ0n) is 15.7. The summed E-state index contributed by atoms with van der Waals surface area (Å²) in [5.41, 5.74) is 6.77. The van der Waals surface area contributed by atoms with Crippen molar-refractivity contribution in [1.29, 1.82) is 0 Å². The number of rotatable bonds is 9. The van der Waals surface area contributed by atoms with Gasteiger partial charge in [0.1, 0.15) is 11.5 Å². The summed E-state index contributed by atoms with van der Waals surface area (Å²) in [5, 5.41) is 7.32. The van der Waals surface area contributed by atoms with Crippen LogP contribution in [0.1, 0.15) is 11.1 Å². The summed E-state index contributed by atoms with van der Waals surface area (Å²) in [6, 6.07) is 14.7. The molecule has 0 aliphatic carbocycles. The van der Waals surface area contributed by atoms with Gasteiger partial charge in [0.25, 0.3) is 11.8 Å². The van der Waals surface area contributed by atoms with Crippen LogP contribution in [0.4, 0.5) is 0 Å². The van der Waals surface area contributed by atoms with E-state index in [0.717, 1.165) is 11.1 Å². The van der Waals surface area contributed by atoms with E-state index < -0.39 is 11.8 Å². The topological polar surface area (TPSA) is 101 Å². The fraction of sp³-hybridized carbons (Fsp3) is 0.200. The van der Waals surface area contributed by atoms with Gasteiger partial charge in [-0.05, 0) is 38.1 Å². The third kappa shape index (κ3) is 8.13. The summed E-state index contributed by atoms with van der Waals surface area (Å²) in [6.45, 7) is 3.60. The molecule has 8 nitrogen and oxygen atoms in total. The monoisotopic (exact) mass is 382 g/mol. The van der Waals surface area contributed by atoms with Crippen molar-refractivity contribution in [3.63, 3.8) is 0 Å². The Balaban J connectivity index is 1.59. The van der Waals surface area contributed by atoms with Crippen LogP contribution >= 0.6 is 0 Å². The predicted octanol–water partition coefficient (Wildman–Crippen LogP) is 1.97. The third-order valence-corrected chi connectivity index (χ3v) is 3.38. The molecule has 2 aromatic carbocycles. The summed E-state index contributed by atoms with van der Waals surface area (Å²) >= 11 is 0. The minimum atomic E-state index is -0.416. The summed E-state index contributed by atoms with van der Waals surface area (Å²) < 4.78 is 10.6. The van der Waals surface area contributed by atoms with Crippen molar-refractivity contribution in [3.05, 3.63) is 59.7 Å². The SMILES string of the molecule is Cc1ccc(OCC(=O)NN=CC=NNC(=O)COc2ccc(C)cc2)cc1. The standard InChI is InChI=1S/C20H22N4O4/c1-15-3-7-17(8-4-15)27-13-19(25)23-21-11-12-22-24-20(26)14-28-18-9-5-16(2)6-10-18/h3-12H,13-14H2,1-2H3,(H,23,25)(H,24,26). The lowest BCUT2D eigenvalue weighted by Gasteiger charge is -2.05. The molecule has 0 saturated heterocycles. The molecule has 0 spiro atoms. The molecule has 2 aromatic rings. The molecular formula is C20H22N4O4. The first kappa shape index (κ1) is 20.6. The van der Waals surface area contributed by atoms with Crippen LogP contribution in [0.15, 0.2) is 58.7 Å². The Hall–Kier alpha value is -3.68. The van der Waals surface area contributed by atoms with Crippen LogP contribution in [0.3, 0.4) is 0 Å². The van der Waals surface area contributed by atoms with Crippen LogP contribution in [0.5, 0.6) is 11.5 Å². The fourth-order valence-corrected chi connectivity index (χ4v) is 1.92. The van der Waals surface area contributed by atoms with Gasteiger partial charge in [0.2, 0.25) is 0 Å². The molecule has 0 fully saturated rings. The number of hydrogen-bond donors (Lipinski definition) is 2. The van der Waals surface area contributed by atoms with E-state index in [2.05, 4.69) is 21.1 Å². The van der Waals surface area contributed by atoms with Crippen molar-refractivity contribution in [2.24, 2.45) is 10.2 Å². The molecule has 0 aliphatic heterocycles. The van der Waals surface area contributed by atoms with Gasteiger partial charge in [-0.3, -0.25) is 9.59 Å². The van der Waals surface area contributed by atoms with Crippen LogP contribution in [0.2, 0.25) is 0 Å². The van der Waals surface area contributed by atoms with Gasteiger partial charge >= 0.3 is 0 Å². The Morgan fingerprint density at radius 1 is 0.750 bits per heavy atom. The highest BCUT2D eigenvalue weighted by molar-refractivity contribution is 6.16. The third-order valence-electron chi connectivity index (χ3n) is 3.38. The number of amides is 2. The summed E-state index contributed by atoms with van der Waals surface area (Å²) in [6.07, 6.45) is 2.45. The van der Waals surface area contributed by atoms with Crippen molar-refractivity contribution in [3.8, 4) is 11.5 Å². The summed E-state index contributed by atoms with van der Waals surface area (Å²) in [4.78, 5) is 23.2. The summed E-state index contributed by atoms with van der Waals surface area (Å²) in [5.74, 6) is 0.366. The number of ether oxygens (including phenoxy) is 2. The number of carbonyl (C=O) groups is 2. The quantitative estimate of drug-likeness (QED) is 0.511. The molecule has 8 heteroatoms. The van der Waals surface area contributed by atoms with Crippen LogP contribution in [0.25, 0.3) is 0 Å². The van der Waals surface area contributed by atoms with Crippen molar-refractivity contribution in [2.75, 3.05) is 13.2 Å². The zero-order chi connectivity index (χ0) is 20.2. The second kappa shape index (κ2) is 11.1. The van der Waals surface area contributed by atoms with Gasteiger partial charge in [-0.2, -0.15) is 10.2 Å². The fourth-order valence-electron chi connectivity index (χ4n) is 1.92. The van der Waals surface area contributed by atoms with Gasteiger partial charge in [0, 0.05) is 0 Å². The highest BCUT2D eigenvalue weighted by atomic mass is 16.5. The van der Waals surface area contributed by atoms with Crippen molar-refractivity contribution < 1.29 is 19.1 Å². The predicted molar refractivity (Wildman–Crippen MR) is 107 cm³/mol. The molecule has 0 radical (unpaired) electrons. The first-order chi connectivity index (χ1) is 13.5. The molecule has 0 aromatic heterocycles. The van der Waals surface area contributed by atoms with E-state index in [0.29, 0.717) is 11.5 Å². The highest BCUT2D eigenvalue weighted by Crippen LogP contribution is 2.11. The molecule has 0 bridgehead atoms. The molecule has 0 aliphatic rings. The zero-order valence-corrected chi connectivity index (χ0v) is 15.7. The summed E-state index contributed by atoms with van der Waals surface area (Å²) in [7, 11) is 0. The maximum atomic E-state index is 11.6. The van der Waals surface area contributed by atoms with E-state index in [1.54, 1.807) is 24.3 Å². The largest absolute Gasteiger partial charge is 0.484 e. The lowest BCUT2D eigenvalue weighted by atomic mass is 10.2. The average molecular weight is 382 g/mol. The molecule has 0 unspecified atom stereocenters. The van der Waals surface area contributed by atoms with Crippen molar-refractivity contribution >= 4 is 24.2 Å². The van der Waals surface area contributed by atoms with Gasteiger partial charge in [-0.15, -0.1) is 0 Å². The molecule has 146 valence electrons. The molecule has 0 heterocycles. The molecule has 0 saturated carbocycles.